The Hall–Kier alpha value is -3.15. The van der Waals surface area contributed by atoms with Crippen molar-refractivity contribution in [3.8, 4) is 0 Å². The van der Waals surface area contributed by atoms with Crippen molar-refractivity contribution in [1.82, 2.24) is 5.32 Å². The average molecular weight is 351 g/mol. The Morgan fingerprint density at radius 2 is 1.81 bits per heavy atom. The lowest BCUT2D eigenvalue weighted by molar-refractivity contribution is -0.117. The minimum absolute atomic E-state index is 0.141. The van der Waals surface area contributed by atoms with Crippen molar-refractivity contribution in [3.05, 3.63) is 64.7 Å². The van der Waals surface area contributed by atoms with E-state index >= 15 is 0 Å². The van der Waals surface area contributed by atoms with Gasteiger partial charge in [0.2, 0.25) is 11.8 Å². The maximum absolute atomic E-state index is 12.3. The molecule has 3 rings (SSSR count). The summed E-state index contributed by atoms with van der Waals surface area (Å²) in [4.78, 5) is 35.0. The number of rotatable bonds is 6. The molecule has 1 aliphatic carbocycles. The number of hydrogen-bond donors (Lipinski definition) is 3. The van der Waals surface area contributed by atoms with Gasteiger partial charge in [-0.25, -0.2) is 0 Å². The van der Waals surface area contributed by atoms with Crippen LogP contribution in [0.15, 0.2) is 42.5 Å². The van der Waals surface area contributed by atoms with Crippen LogP contribution in [0, 0.1) is 0 Å². The third kappa shape index (κ3) is 4.47. The molecule has 0 radical (unpaired) electrons. The molecule has 0 saturated carbocycles. The summed E-state index contributed by atoms with van der Waals surface area (Å²) >= 11 is 0. The van der Waals surface area contributed by atoms with Gasteiger partial charge in [0.1, 0.15) is 0 Å². The lowest BCUT2D eigenvalue weighted by Gasteiger charge is -2.09. The summed E-state index contributed by atoms with van der Waals surface area (Å²) in [6.07, 6.45) is 3.65. The number of benzene rings is 2. The number of fused-ring (bicyclic) bond motifs is 1. The van der Waals surface area contributed by atoms with E-state index in [1.54, 1.807) is 24.3 Å². The fourth-order valence-corrected chi connectivity index (χ4v) is 3.13. The van der Waals surface area contributed by atoms with Crippen molar-refractivity contribution in [2.45, 2.75) is 25.7 Å². The fourth-order valence-electron chi connectivity index (χ4n) is 3.13. The molecule has 1 aliphatic rings. The number of nitrogens with two attached hydrogens (primary N) is 1. The molecular weight excluding hydrogens is 330 g/mol. The van der Waals surface area contributed by atoms with Crippen molar-refractivity contribution in [3.63, 3.8) is 0 Å². The fraction of sp³-hybridized carbons (Fsp3) is 0.250. The first kappa shape index (κ1) is 17.7. The number of nitrogens with one attached hydrogen (secondary N) is 2. The molecule has 2 aromatic rings. The normalized spacial score (nSPS) is 12.3. The molecule has 6 heteroatoms. The predicted molar refractivity (Wildman–Crippen MR) is 98.8 cm³/mol. The second kappa shape index (κ2) is 7.82. The van der Waals surface area contributed by atoms with Gasteiger partial charge < -0.3 is 16.4 Å². The van der Waals surface area contributed by atoms with E-state index in [9.17, 15) is 14.4 Å². The highest BCUT2D eigenvalue weighted by Gasteiger charge is 2.13. The zero-order chi connectivity index (χ0) is 18.5. The Balaban J connectivity index is 1.61. The van der Waals surface area contributed by atoms with E-state index in [0.29, 0.717) is 11.3 Å². The van der Waals surface area contributed by atoms with Crippen LogP contribution >= 0.6 is 0 Å². The molecule has 26 heavy (non-hydrogen) atoms. The van der Waals surface area contributed by atoms with Gasteiger partial charge in [0.05, 0.1) is 13.0 Å². The van der Waals surface area contributed by atoms with Gasteiger partial charge in [0.25, 0.3) is 5.91 Å². The molecule has 0 aliphatic heterocycles. The van der Waals surface area contributed by atoms with Crippen LogP contribution in [0.5, 0.6) is 0 Å². The summed E-state index contributed by atoms with van der Waals surface area (Å²) in [5.41, 5.74) is 9.59. The van der Waals surface area contributed by atoms with E-state index < -0.39 is 11.8 Å². The van der Waals surface area contributed by atoms with Crippen LogP contribution in [-0.4, -0.2) is 24.3 Å². The van der Waals surface area contributed by atoms with Crippen molar-refractivity contribution in [2.75, 3.05) is 11.9 Å². The second-order valence-electron chi connectivity index (χ2n) is 6.41. The van der Waals surface area contributed by atoms with E-state index in [4.69, 9.17) is 5.73 Å². The number of primary amides is 1. The van der Waals surface area contributed by atoms with E-state index in [1.165, 1.54) is 17.5 Å². The summed E-state index contributed by atoms with van der Waals surface area (Å²) in [7, 11) is 0. The minimum atomic E-state index is -0.614. The zero-order valence-electron chi connectivity index (χ0n) is 14.4. The zero-order valence-corrected chi connectivity index (χ0v) is 14.4. The number of hydrogen-bond acceptors (Lipinski definition) is 3. The lowest BCUT2D eigenvalue weighted by Crippen LogP contribution is -2.33. The Morgan fingerprint density at radius 3 is 2.62 bits per heavy atom. The Kier molecular flexibility index (Phi) is 5.31. The van der Waals surface area contributed by atoms with Crippen LogP contribution in [-0.2, 0) is 28.9 Å². The van der Waals surface area contributed by atoms with Gasteiger partial charge in [-0.3, -0.25) is 14.4 Å². The highest BCUT2D eigenvalue weighted by Crippen LogP contribution is 2.23. The third-order valence-electron chi connectivity index (χ3n) is 4.36. The van der Waals surface area contributed by atoms with Gasteiger partial charge in [-0.15, -0.1) is 0 Å². The summed E-state index contributed by atoms with van der Waals surface area (Å²) in [5, 5.41) is 5.22. The first-order valence-electron chi connectivity index (χ1n) is 8.58. The van der Waals surface area contributed by atoms with Crippen LogP contribution < -0.4 is 16.4 Å². The van der Waals surface area contributed by atoms with Crippen molar-refractivity contribution in [2.24, 2.45) is 5.73 Å². The summed E-state index contributed by atoms with van der Waals surface area (Å²) in [5.74, 6) is -1.17. The first-order chi connectivity index (χ1) is 12.5. The number of amides is 3. The number of carbonyl (C=O) groups is 3. The van der Waals surface area contributed by atoms with Crippen molar-refractivity contribution < 1.29 is 14.4 Å². The van der Waals surface area contributed by atoms with Crippen LogP contribution in [0.25, 0.3) is 0 Å². The van der Waals surface area contributed by atoms with E-state index in [1.807, 2.05) is 6.07 Å². The molecular formula is C20H21N3O3. The van der Waals surface area contributed by atoms with E-state index in [2.05, 4.69) is 22.8 Å². The third-order valence-corrected chi connectivity index (χ3v) is 4.36. The van der Waals surface area contributed by atoms with Gasteiger partial charge in [-0.1, -0.05) is 24.3 Å². The molecule has 0 unspecified atom stereocenters. The molecule has 134 valence electrons. The highest BCUT2D eigenvalue weighted by molar-refractivity contribution is 5.98. The molecule has 6 nitrogen and oxygen atoms in total. The molecule has 3 amide bonds. The van der Waals surface area contributed by atoms with Gasteiger partial charge >= 0.3 is 0 Å². The van der Waals surface area contributed by atoms with Gasteiger partial charge in [-0.2, -0.15) is 0 Å². The number of carbonyl (C=O) groups excluding carboxylic acids is 3. The predicted octanol–water partition coefficient (Wildman–Crippen LogP) is 1.57. The molecule has 0 fully saturated rings. The summed E-state index contributed by atoms with van der Waals surface area (Å²) in [6.45, 7) is -0.228. The van der Waals surface area contributed by atoms with Crippen LogP contribution in [0.1, 0.15) is 33.5 Å². The van der Waals surface area contributed by atoms with Crippen molar-refractivity contribution in [1.29, 1.82) is 0 Å². The first-order valence-corrected chi connectivity index (χ1v) is 8.58. The van der Waals surface area contributed by atoms with Crippen LogP contribution in [0.3, 0.4) is 0 Å². The summed E-state index contributed by atoms with van der Waals surface area (Å²) in [6, 6.07) is 12.8. The smallest absolute Gasteiger partial charge is 0.251 e. The molecule has 0 bridgehead atoms. The molecule has 4 N–H and O–H groups in total. The number of aryl methyl sites for hydroxylation is 2. The monoisotopic (exact) mass is 351 g/mol. The highest BCUT2D eigenvalue weighted by atomic mass is 16.2. The molecule has 0 spiro atoms. The van der Waals surface area contributed by atoms with Crippen LogP contribution in [0.2, 0.25) is 0 Å². The van der Waals surface area contributed by atoms with Gasteiger partial charge in [0, 0.05) is 11.3 Å². The Labute approximate surface area is 151 Å². The maximum atomic E-state index is 12.3. The maximum Gasteiger partial charge on any atom is 0.251 e. The Morgan fingerprint density at radius 1 is 1.00 bits per heavy atom. The number of anilines is 1. The average Bonchev–Trinajstić information content (AvgIpc) is 3.07. The summed E-state index contributed by atoms with van der Waals surface area (Å²) < 4.78 is 0. The molecule has 0 saturated heterocycles. The van der Waals surface area contributed by atoms with Crippen molar-refractivity contribution >= 4 is 23.4 Å². The molecule has 0 atom stereocenters. The topological polar surface area (TPSA) is 101 Å². The quantitative estimate of drug-likeness (QED) is 0.736. The van der Waals surface area contributed by atoms with Gasteiger partial charge in [0.15, 0.2) is 0 Å². The van der Waals surface area contributed by atoms with E-state index in [-0.39, 0.29) is 18.9 Å². The SMILES string of the molecule is NC(=O)CNC(=O)c1cccc(NC(=O)Cc2ccc3c(c2)CCC3)c1. The standard InChI is InChI=1S/C20H21N3O3/c21-18(24)12-22-20(26)16-5-2-6-17(11-16)23-19(25)10-13-7-8-14-3-1-4-15(14)9-13/h2,5-9,11H,1,3-4,10,12H2,(H2,21,24)(H,22,26)(H,23,25). The Bertz CT molecular complexity index is 861. The second-order valence-corrected chi connectivity index (χ2v) is 6.41. The van der Waals surface area contributed by atoms with E-state index in [0.717, 1.165) is 18.4 Å². The molecule has 0 heterocycles. The largest absolute Gasteiger partial charge is 0.368 e. The molecule has 0 aromatic heterocycles. The lowest BCUT2D eigenvalue weighted by atomic mass is 10.0. The van der Waals surface area contributed by atoms with Gasteiger partial charge in [-0.05, 0) is 54.2 Å². The molecule has 2 aromatic carbocycles. The minimum Gasteiger partial charge on any atom is -0.368 e. The van der Waals surface area contributed by atoms with Crippen LogP contribution in [0.4, 0.5) is 5.69 Å².